The van der Waals surface area contributed by atoms with Gasteiger partial charge in [-0.3, -0.25) is 14.4 Å². The molecular weight excluding hydrogens is 446 g/mol. The summed E-state index contributed by atoms with van der Waals surface area (Å²) in [7, 11) is 0. The van der Waals surface area contributed by atoms with Crippen LogP contribution >= 0.6 is 0 Å². The van der Waals surface area contributed by atoms with Crippen molar-refractivity contribution in [1.29, 1.82) is 0 Å². The molecule has 3 amide bonds. The molecule has 0 aromatic heterocycles. The minimum atomic E-state index is -1.11. The van der Waals surface area contributed by atoms with Gasteiger partial charge in [0.1, 0.15) is 11.6 Å². The number of hydrogen-bond acceptors (Lipinski definition) is 5. The molecule has 2 unspecified atom stereocenters. The fourth-order valence-electron chi connectivity index (χ4n) is 6.47. The molecule has 6 atom stereocenters. The molecule has 0 aromatic carbocycles. The summed E-state index contributed by atoms with van der Waals surface area (Å²) in [6.07, 6.45) is 5.25. The van der Waals surface area contributed by atoms with Crippen molar-refractivity contribution in [2.24, 2.45) is 11.8 Å². The molecule has 3 aliphatic heterocycles. The summed E-state index contributed by atoms with van der Waals surface area (Å²) in [5.41, 5.74) is -2.46. The number of hydrogen-bond donors (Lipinski definition) is 1. The predicted octanol–water partition coefficient (Wildman–Crippen LogP) is 2.37. The quantitative estimate of drug-likeness (QED) is 0.476. The van der Waals surface area contributed by atoms with Crippen LogP contribution < -0.4 is 0 Å². The van der Waals surface area contributed by atoms with Gasteiger partial charge < -0.3 is 24.5 Å². The highest BCUT2D eigenvalue weighted by molar-refractivity contribution is 5.99. The fraction of sp³-hybridized carbons (Fsp3) is 0.741. The first kappa shape index (κ1) is 27.4. The molecule has 0 saturated carbocycles. The van der Waals surface area contributed by atoms with Crippen LogP contribution in [0, 0.1) is 11.8 Å². The predicted molar refractivity (Wildman–Crippen MR) is 134 cm³/mol. The molecule has 2 bridgehead atoms. The van der Waals surface area contributed by atoms with Gasteiger partial charge in [-0.05, 0) is 53.9 Å². The van der Waals surface area contributed by atoms with Crippen LogP contribution in [0.15, 0.2) is 25.3 Å². The number of likely N-dealkylation sites (tertiary alicyclic amines) is 1. The second-order valence-electron chi connectivity index (χ2n) is 11.5. The van der Waals surface area contributed by atoms with Gasteiger partial charge in [0.15, 0.2) is 0 Å². The largest absolute Gasteiger partial charge is 0.394 e. The van der Waals surface area contributed by atoms with Crippen LogP contribution in [-0.2, 0) is 19.1 Å². The fourth-order valence-corrected chi connectivity index (χ4v) is 6.47. The van der Waals surface area contributed by atoms with E-state index in [9.17, 15) is 19.5 Å². The maximum absolute atomic E-state index is 14.2. The second-order valence-corrected chi connectivity index (χ2v) is 11.5. The molecule has 3 rings (SSSR count). The smallest absolute Gasteiger partial charge is 0.249 e. The highest BCUT2D eigenvalue weighted by atomic mass is 16.5. The van der Waals surface area contributed by atoms with Gasteiger partial charge in [0.2, 0.25) is 17.7 Å². The third-order valence-corrected chi connectivity index (χ3v) is 8.00. The molecule has 3 heterocycles. The summed E-state index contributed by atoms with van der Waals surface area (Å²) in [6, 6.07) is -1.51. The van der Waals surface area contributed by atoms with Crippen molar-refractivity contribution in [3.8, 4) is 0 Å². The molecular formula is C27H43N3O5. The topological polar surface area (TPSA) is 90.4 Å². The number of carbonyl (C=O) groups is 3. The van der Waals surface area contributed by atoms with Gasteiger partial charge in [-0.1, -0.05) is 19.1 Å². The second kappa shape index (κ2) is 9.69. The van der Waals surface area contributed by atoms with Gasteiger partial charge in [0.25, 0.3) is 0 Å². The molecule has 3 saturated heterocycles. The average molecular weight is 490 g/mol. The Bertz CT molecular complexity index is 883. The Kier molecular flexibility index (Phi) is 7.59. The van der Waals surface area contributed by atoms with E-state index in [0.717, 1.165) is 6.42 Å². The Hall–Kier alpha value is -2.19. The molecule has 8 nitrogen and oxygen atoms in total. The monoisotopic (exact) mass is 489 g/mol. The number of rotatable bonds is 10. The summed E-state index contributed by atoms with van der Waals surface area (Å²) in [5, 5.41) is 10.0. The number of ether oxygens (including phenoxy) is 1. The van der Waals surface area contributed by atoms with Crippen LogP contribution in [0.3, 0.4) is 0 Å². The van der Waals surface area contributed by atoms with Crippen molar-refractivity contribution < 1.29 is 24.2 Å². The molecule has 0 aromatic rings. The molecule has 3 aliphatic rings. The minimum Gasteiger partial charge on any atom is -0.394 e. The lowest BCUT2D eigenvalue weighted by Gasteiger charge is -2.43. The summed E-state index contributed by atoms with van der Waals surface area (Å²) >= 11 is 0. The molecule has 8 heteroatoms. The van der Waals surface area contributed by atoms with E-state index in [2.05, 4.69) is 13.2 Å². The van der Waals surface area contributed by atoms with Gasteiger partial charge in [-0.25, -0.2) is 0 Å². The molecule has 3 fully saturated rings. The lowest BCUT2D eigenvalue weighted by Crippen LogP contribution is -2.61. The summed E-state index contributed by atoms with van der Waals surface area (Å²) in [4.78, 5) is 47.1. The molecule has 1 N–H and O–H groups in total. The van der Waals surface area contributed by atoms with E-state index in [1.54, 1.807) is 28.9 Å². The van der Waals surface area contributed by atoms with Crippen molar-refractivity contribution >= 4 is 17.7 Å². The van der Waals surface area contributed by atoms with Gasteiger partial charge in [0, 0.05) is 25.2 Å². The number of carbonyl (C=O) groups excluding carboxylic acids is 3. The number of fused-ring (bicyclic) bond motifs is 1. The minimum absolute atomic E-state index is 0.127. The zero-order valence-corrected chi connectivity index (χ0v) is 22.2. The molecule has 1 spiro atoms. The van der Waals surface area contributed by atoms with E-state index < -0.39 is 40.7 Å². The van der Waals surface area contributed by atoms with Crippen LogP contribution in [0.5, 0.6) is 0 Å². The van der Waals surface area contributed by atoms with Crippen LogP contribution in [0.2, 0.25) is 0 Å². The van der Waals surface area contributed by atoms with Crippen LogP contribution in [0.4, 0.5) is 0 Å². The first-order chi connectivity index (χ1) is 16.3. The normalized spacial score (nSPS) is 32.4. The van der Waals surface area contributed by atoms with Crippen molar-refractivity contribution in [3.05, 3.63) is 25.3 Å². The first-order valence-electron chi connectivity index (χ1n) is 12.8. The summed E-state index contributed by atoms with van der Waals surface area (Å²) in [5.74, 6) is -2.11. The van der Waals surface area contributed by atoms with E-state index in [0.29, 0.717) is 32.5 Å². The molecule has 35 heavy (non-hydrogen) atoms. The van der Waals surface area contributed by atoms with Gasteiger partial charge >= 0.3 is 0 Å². The highest BCUT2D eigenvalue weighted by Gasteiger charge is 2.78. The number of aliphatic hydroxyl groups is 1. The van der Waals surface area contributed by atoms with Gasteiger partial charge in [-0.15, -0.1) is 13.2 Å². The number of amides is 3. The molecule has 0 radical (unpaired) electrons. The van der Waals surface area contributed by atoms with Crippen LogP contribution in [0.1, 0.15) is 60.8 Å². The Morgan fingerprint density at radius 2 is 1.86 bits per heavy atom. The van der Waals surface area contributed by atoms with Crippen LogP contribution in [0.25, 0.3) is 0 Å². The van der Waals surface area contributed by atoms with E-state index in [1.807, 2.05) is 34.6 Å². The lowest BCUT2D eigenvalue weighted by molar-refractivity contribution is -0.158. The number of nitrogens with zero attached hydrogens (tertiary/aromatic N) is 3. The maximum atomic E-state index is 14.2. The standard InChI is InChI=1S/C27H43N3O5/c1-9-14-28(15-10-2)22(32)19-20-23(33)30(18(4)17-31)21(27(20)13-12-26(19,8)35-27)24(34)29(16-11-3)25(5,6)7/h9,11,18-21,31H,1,3,10,12-17H2,2,4-8H3/t18-,19+,20+,21?,26-,27?/m1/s1. The Balaban J connectivity index is 2.14. The van der Waals surface area contributed by atoms with E-state index >= 15 is 0 Å². The third-order valence-electron chi connectivity index (χ3n) is 8.00. The highest BCUT2D eigenvalue weighted by Crippen LogP contribution is 2.64. The van der Waals surface area contributed by atoms with Gasteiger partial charge in [-0.2, -0.15) is 0 Å². The summed E-state index contributed by atoms with van der Waals surface area (Å²) in [6.45, 7) is 20.1. The van der Waals surface area contributed by atoms with E-state index in [4.69, 9.17) is 4.74 Å². The molecule has 0 aliphatic carbocycles. The zero-order valence-electron chi connectivity index (χ0n) is 22.2. The van der Waals surface area contributed by atoms with Crippen molar-refractivity contribution in [2.75, 3.05) is 26.2 Å². The van der Waals surface area contributed by atoms with Crippen LogP contribution in [-0.4, -0.2) is 92.6 Å². The van der Waals surface area contributed by atoms with Gasteiger partial charge in [0.05, 0.1) is 30.1 Å². The van der Waals surface area contributed by atoms with Crippen molar-refractivity contribution in [1.82, 2.24) is 14.7 Å². The Labute approximate surface area is 210 Å². The van der Waals surface area contributed by atoms with Crippen molar-refractivity contribution in [2.45, 2.75) is 89.6 Å². The average Bonchev–Trinajstić information content (AvgIpc) is 3.36. The Morgan fingerprint density at radius 3 is 2.37 bits per heavy atom. The summed E-state index contributed by atoms with van der Waals surface area (Å²) < 4.78 is 6.69. The zero-order chi connectivity index (χ0) is 26.3. The van der Waals surface area contributed by atoms with E-state index in [1.165, 1.54) is 4.90 Å². The molecule has 196 valence electrons. The van der Waals surface area contributed by atoms with Crippen molar-refractivity contribution in [3.63, 3.8) is 0 Å². The maximum Gasteiger partial charge on any atom is 0.249 e. The number of aliphatic hydroxyl groups excluding tert-OH is 1. The SMILES string of the molecule is C=CCN(CCC)C(=O)[C@@H]1[C@H]2C(=O)N([C@H](C)CO)C(C(=O)N(CC=C)C(C)(C)C)C23CC[C@@]1(C)O3. The Morgan fingerprint density at radius 1 is 1.23 bits per heavy atom. The lowest BCUT2D eigenvalue weighted by atomic mass is 9.66. The third kappa shape index (κ3) is 4.22. The van der Waals surface area contributed by atoms with E-state index in [-0.39, 0.29) is 24.3 Å². The first-order valence-corrected chi connectivity index (χ1v) is 12.8.